The molecule has 0 bridgehead atoms. The predicted molar refractivity (Wildman–Crippen MR) is 110 cm³/mol. The van der Waals surface area contributed by atoms with Crippen LogP contribution in [0, 0.1) is 0 Å². The van der Waals surface area contributed by atoms with E-state index >= 15 is 0 Å². The van der Waals surface area contributed by atoms with Gasteiger partial charge in [-0.3, -0.25) is 9.21 Å². The topological polar surface area (TPSA) is 49.9 Å². The van der Waals surface area contributed by atoms with Crippen LogP contribution >= 0.6 is 0 Å². The maximum Gasteiger partial charge on any atom is 0.232 e. The Morgan fingerprint density at radius 2 is 1.74 bits per heavy atom. The first-order valence-electron chi connectivity index (χ1n) is 9.38. The van der Waals surface area contributed by atoms with Crippen molar-refractivity contribution in [2.24, 2.45) is 0 Å². The first kappa shape index (κ1) is 19.7. The minimum atomic E-state index is -3.30. The molecule has 0 fully saturated rings. The van der Waals surface area contributed by atoms with E-state index in [1.54, 1.807) is 31.4 Å². The van der Waals surface area contributed by atoms with Crippen LogP contribution in [-0.4, -0.2) is 46.3 Å². The normalized spacial score (nSPS) is 14.6. The molecule has 1 aliphatic rings. The van der Waals surface area contributed by atoms with E-state index in [0.29, 0.717) is 12.2 Å². The van der Waals surface area contributed by atoms with Gasteiger partial charge in [0.1, 0.15) is 5.75 Å². The number of hydrogen-bond acceptors (Lipinski definition) is 4. The van der Waals surface area contributed by atoms with Crippen molar-refractivity contribution in [2.45, 2.75) is 25.8 Å². The zero-order chi connectivity index (χ0) is 19.3. The maximum atomic E-state index is 12.2. The third-order valence-electron chi connectivity index (χ3n) is 5.06. The summed E-state index contributed by atoms with van der Waals surface area (Å²) in [5, 5.41) is 0. The summed E-state index contributed by atoms with van der Waals surface area (Å²) in [6.07, 6.45) is 4.16. The maximum absolute atomic E-state index is 12.2. The summed E-state index contributed by atoms with van der Waals surface area (Å²) in [5.41, 5.74) is 3.56. The molecule has 0 aromatic heterocycles. The quantitative estimate of drug-likeness (QED) is 0.651. The van der Waals surface area contributed by atoms with Gasteiger partial charge < -0.3 is 4.74 Å². The number of anilines is 1. The van der Waals surface area contributed by atoms with Gasteiger partial charge in [-0.1, -0.05) is 24.3 Å². The molecule has 5 nitrogen and oxygen atoms in total. The van der Waals surface area contributed by atoms with Crippen LogP contribution in [0.3, 0.4) is 0 Å². The SMILES string of the molecule is COc1ccc(N(CCCCN2CCc3ccccc3C2)S(C)(=O)=O)cc1. The monoisotopic (exact) mass is 388 g/mol. The lowest BCUT2D eigenvalue weighted by molar-refractivity contribution is 0.249. The molecule has 0 radical (unpaired) electrons. The number of hydrogen-bond donors (Lipinski definition) is 0. The average molecular weight is 389 g/mol. The number of rotatable bonds is 8. The van der Waals surface area contributed by atoms with E-state index in [2.05, 4.69) is 29.2 Å². The van der Waals surface area contributed by atoms with Crippen LogP contribution in [0.2, 0.25) is 0 Å². The smallest absolute Gasteiger partial charge is 0.232 e. The third kappa shape index (κ3) is 5.23. The van der Waals surface area contributed by atoms with Gasteiger partial charge in [-0.15, -0.1) is 0 Å². The second-order valence-electron chi connectivity index (χ2n) is 7.04. The summed E-state index contributed by atoms with van der Waals surface area (Å²) in [4.78, 5) is 2.46. The Labute approximate surface area is 162 Å². The van der Waals surface area contributed by atoms with E-state index in [4.69, 9.17) is 4.74 Å². The highest BCUT2D eigenvalue weighted by Gasteiger charge is 2.18. The lowest BCUT2D eigenvalue weighted by Crippen LogP contribution is -2.33. The van der Waals surface area contributed by atoms with Crippen molar-refractivity contribution < 1.29 is 13.2 Å². The van der Waals surface area contributed by atoms with Crippen LogP contribution in [0.25, 0.3) is 0 Å². The zero-order valence-electron chi connectivity index (χ0n) is 16.1. The second kappa shape index (κ2) is 8.76. The molecule has 1 heterocycles. The fourth-order valence-electron chi connectivity index (χ4n) is 3.57. The van der Waals surface area contributed by atoms with Crippen molar-refractivity contribution >= 4 is 15.7 Å². The fourth-order valence-corrected chi connectivity index (χ4v) is 4.54. The van der Waals surface area contributed by atoms with E-state index in [0.717, 1.165) is 44.6 Å². The van der Waals surface area contributed by atoms with Crippen LogP contribution in [0.5, 0.6) is 5.75 Å². The van der Waals surface area contributed by atoms with Gasteiger partial charge in [0, 0.05) is 19.6 Å². The first-order valence-corrected chi connectivity index (χ1v) is 11.2. The Kier molecular flexibility index (Phi) is 6.39. The number of unbranched alkanes of at least 4 members (excludes halogenated alkanes) is 1. The number of sulfonamides is 1. The Morgan fingerprint density at radius 1 is 1.04 bits per heavy atom. The van der Waals surface area contributed by atoms with E-state index < -0.39 is 10.0 Å². The lowest BCUT2D eigenvalue weighted by atomic mass is 10.00. The first-order chi connectivity index (χ1) is 13.0. The van der Waals surface area contributed by atoms with Crippen molar-refractivity contribution in [1.29, 1.82) is 0 Å². The molecule has 1 aliphatic heterocycles. The van der Waals surface area contributed by atoms with Crippen molar-refractivity contribution in [3.63, 3.8) is 0 Å². The van der Waals surface area contributed by atoms with E-state index in [1.165, 1.54) is 21.7 Å². The summed E-state index contributed by atoms with van der Waals surface area (Å²) in [7, 11) is -1.70. The molecule has 0 amide bonds. The Balaban J connectivity index is 1.52. The van der Waals surface area contributed by atoms with E-state index in [1.807, 2.05) is 0 Å². The minimum absolute atomic E-state index is 0.496. The summed E-state index contributed by atoms with van der Waals surface area (Å²) < 4.78 is 31.0. The Hall–Kier alpha value is -2.05. The van der Waals surface area contributed by atoms with Crippen LogP contribution in [0.15, 0.2) is 48.5 Å². The van der Waals surface area contributed by atoms with Gasteiger partial charge in [0.2, 0.25) is 10.0 Å². The van der Waals surface area contributed by atoms with Gasteiger partial charge in [-0.2, -0.15) is 0 Å². The van der Waals surface area contributed by atoms with Crippen LogP contribution in [-0.2, 0) is 23.0 Å². The van der Waals surface area contributed by atoms with E-state index in [9.17, 15) is 8.42 Å². The lowest BCUT2D eigenvalue weighted by Gasteiger charge is -2.29. The predicted octanol–water partition coefficient (Wildman–Crippen LogP) is 3.30. The Bertz CT molecular complexity index is 850. The number of fused-ring (bicyclic) bond motifs is 1. The second-order valence-corrected chi connectivity index (χ2v) is 8.94. The van der Waals surface area contributed by atoms with Crippen molar-refractivity contribution in [3.8, 4) is 5.75 Å². The number of nitrogens with zero attached hydrogens (tertiary/aromatic N) is 2. The molecule has 0 unspecified atom stereocenters. The molecule has 0 saturated heterocycles. The molecule has 2 aromatic rings. The summed E-state index contributed by atoms with van der Waals surface area (Å²) >= 11 is 0. The summed E-state index contributed by atoms with van der Waals surface area (Å²) in [6.45, 7) is 3.56. The highest BCUT2D eigenvalue weighted by atomic mass is 32.2. The average Bonchev–Trinajstić information content (AvgIpc) is 2.67. The van der Waals surface area contributed by atoms with Crippen molar-refractivity contribution in [3.05, 3.63) is 59.7 Å². The molecule has 6 heteroatoms. The largest absolute Gasteiger partial charge is 0.497 e. The van der Waals surface area contributed by atoms with Crippen LogP contribution < -0.4 is 9.04 Å². The van der Waals surface area contributed by atoms with Gasteiger partial charge in [0.05, 0.1) is 19.1 Å². The molecular formula is C21H28N2O3S. The molecule has 0 saturated carbocycles. The zero-order valence-corrected chi connectivity index (χ0v) is 16.9. The summed E-state index contributed by atoms with van der Waals surface area (Å²) in [5.74, 6) is 0.720. The summed E-state index contributed by atoms with van der Waals surface area (Å²) in [6, 6.07) is 15.8. The highest BCUT2D eigenvalue weighted by molar-refractivity contribution is 7.92. The highest BCUT2D eigenvalue weighted by Crippen LogP contribution is 2.22. The molecule has 2 aromatic carbocycles. The fraction of sp³-hybridized carbons (Fsp3) is 0.429. The molecule has 0 aliphatic carbocycles. The molecule has 27 heavy (non-hydrogen) atoms. The van der Waals surface area contributed by atoms with Gasteiger partial charge in [-0.25, -0.2) is 8.42 Å². The number of methoxy groups -OCH3 is 1. The van der Waals surface area contributed by atoms with E-state index in [-0.39, 0.29) is 0 Å². The molecule has 3 rings (SSSR count). The van der Waals surface area contributed by atoms with Crippen LogP contribution in [0.1, 0.15) is 24.0 Å². The molecule has 0 atom stereocenters. The molecular weight excluding hydrogens is 360 g/mol. The van der Waals surface area contributed by atoms with Crippen molar-refractivity contribution in [1.82, 2.24) is 4.90 Å². The van der Waals surface area contributed by atoms with Gasteiger partial charge >= 0.3 is 0 Å². The third-order valence-corrected chi connectivity index (χ3v) is 6.25. The van der Waals surface area contributed by atoms with Gasteiger partial charge in [0.15, 0.2) is 0 Å². The number of ether oxygens (including phenoxy) is 1. The molecule has 0 N–H and O–H groups in total. The molecule has 0 spiro atoms. The van der Waals surface area contributed by atoms with Gasteiger partial charge in [-0.05, 0) is 61.2 Å². The molecule has 146 valence electrons. The Morgan fingerprint density at radius 3 is 2.41 bits per heavy atom. The van der Waals surface area contributed by atoms with Crippen molar-refractivity contribution in [2.75, 3.05) is 37.3 Å². The number of benzene rings is 2. The standard InChI is InChI=1S/C21H28N2O3S/c1-26-21-11-9-20(10-12-21)23(27(2,24)25)15-6-5-14-22-16-13-18-7-3-4-8-19(18)17-22/h3-4,7-12H,5-6,13-17H2,1-2H3. The van der Waals surface area contributed by atoms with Crippen LogP contribution in [0.4, 0.5) is 5.69 Å². The minimum Gasteiger partial charge on any atom is -0.497 e. The van der Waals surface area contributed by atoms with Gasteiger partial charge in [0.25, 0.3) is 0 Å².